The van der Waals surface area contributed by atoms with Gasteiger partial charge in [-0.15, -0.1) is 0 Å². The lowest BCUT2D eigenvalue weighted by Crippen LogP contribution is -2.52. The topological polar surface area (TPSA) is 67.6 Å². The third-order valence-electron chi connectivity index (χ3n) is 3.82. The molecule has 124 valence electrons. The minimum Gasteiger partial charge on any atom is -0.444 e. The summed E-state index contributed by atoms with van der Waals surface area (Å²) in [5.74, 6) is 0. The molecule has 3 heterocycles. The Kier molecular flexibility index (Phi) is 3.98. The van der Waals surface area contributed by atoms with E-state index in [0.717, 1.165) is 16.6 Å². The molecule has 1 saturated heterocycles. The Labute approximate surface area is 139 Å². The fourth-order valence-electron chi connectivity index (χ4n) is 2.69. The SMILES string of the molecule is CC(C)(C)OC(=O)N1CC(n2ccc3c(CO)cc(Cl)nc32)C1. The normalized spacial score (nSPS) is 15.8. The summed E-state index contributed by atoms with van der Waals surface area (Å²) in [4.78, 5) is 18.0. The first-order valence-corrected chi connectivity index (χ1v) is 7.91. The average Bonchev–Trinajstić information content (AvgIpc) is 2.77. The molecule has 1 amide bonds. The van der Waals surface area contributed by atoms with Gasteiger partial charge in [0.15, 0.2) is 0 Å². The summed E-state index contributed by atoms with van der Waals surface area (Å²) in [7, 11) is 0. The monoisotopic (exact) mass is 337 g/mol. The smallest absolute Gasteiger partial charge is 0.410 e. The second-order valence-corrected chi connectivity index (χ2v) is 7.15. The van der Waals surface area contributed by atoms with Crippen LogP contribution in [0.5, 0.6) is 0 Å². The lowest BCUT2D eigenvalue weighted by atomic mass is 10.1. The van der Waals surface area contributed by atoms with Crippen LogP contribution in [-0.4, -0.2) is 44.3 Å². The molecular formula is C16H20ClN3O3. The first-order chi connectivity index (χ1) is 10.8. The molecule has 6 nitrogen and oxygen atoms in total. The Bertz CT molecular complexity index is 745. The van der Waals surface area contributed by atoms with E-state index in [1.807, 2.05) is 37.6 Å². The number of halogens is 1. The van der Waals surface area contributed by atoms with Gasteiger partial charge in [0.25, 0.3) is 0 Å². The zero-order valence-corrected chi connectivity index (χ0v) is 14.2. The predicted octanol–water partition coefficient (Wildman–Crippen LogP) is 2.97. The predicted molar refractivity (Wildman–Crippen MR) is 87.5 cm³/mol. The summed E-state index contributed by atoms with van der Waals surface area (Å²) >= 11 is 6.03. The summed E-state index contributed by atoms with van der Waals surface area (Å²) in [6.45, 7) is 6.61. The van der Waals surface area contributed by atoms with Gasteiger partial charge in [-0.2, -0.15) is 0 Å². The van der Waals surface area contributed by atoms with Crippen LogP contribution < -0.4 is 0 Å². The Morgan fingerprint density at radius 2 is 2.17 bits per heavy atom. The summed E-state index contributed by atoms with van der Waals surface area (Å²) in [6, 6.07) is 3.72. The van der Waals surface area contributed by atoms with Gasteiger partial charge in [-0.05, 0) is 38.5 Å². The minimum atomic E-state index is -0.493. The standard InChI is InChI=1S/C16H20ClN3O3/c1-16(2,3)23-15(22)19-7-11(8-19)20-5-4-12-10(9-21)6-13(17)18-14(12)20/h4-6,11,21H,7-9H2,1-3H3. The van der Waals surface area contributed by atoms with Gasteiger partial charge >= 0.3 is 6.09 Å². The fraction of sp³-hybridized carbons (Fsp3) is 0.500. The van der Waals surface area contributed by atoms with E-state index >= 15 is 0 Å². The molecule has 0 radical (unpaired) electrons. The van der Waals surface area contributed by atoms with E-state index in [1.165, 1.54) is 0 Å². The van der Waals surface area contributed by atoms with Crippen LogP contribution in [0.1, 0.15) is 32.4 Å². The molecule has 2 aromatic rings. The number of amides is 1. The van der Waals surface area contributed by atoms with Crippen molar-refractivity contribution in [3.63, 3.8) is 0 Å². The quantitative estimate of drug-likeness (QED) is 0.855. The Hall–Kier alpha value is -1.79. The van der Waals surface area contributed by atoms with Crippen LogP contribution in [-0.2, 0) is 11.3 Å². The van der Waals surface area contributed by atoms with Crippen LogP contribution in [0.25, 0.3) is 11.0 Å². The summed E-state index contributed by atoms with van der Waals surface area (Å²) < 4.78 is 7.36. The maximum atomic E-state index is 12.0. The second kappa shape index (κ2) is 5.69. The van der Waals surface area contributed by atoms with Crippen LogP contribution in [0.2, 0.25) is 5.15 Å². The van der Waals surface area contributed by atoms with Crippen molar-refractivity contribution in [3.8, 4) is 0 Å². The van der Waals surface area contributed by atoms with Crippen LogP contribution in [0.3, 0.4) is 0 Å². The van der Waals surface area contributed by atoms with Gasteiger partial charge < -0.3 is 19.3 Å². The van der Waals surface area contributed by atoms with Gasteiger partial charge in [0.05, 0.1) is 12.6 Å². The van der Waals surface area contributed by atoms with Crippen LogP contribution >= 0.6 is 11.6 Å². The van der Waals surface area contributed by atoms with Crippen LogP contribution in [0, 0.1) is 0 Å². The van der Waals surface area contributed by atoms with Crippen molar-refractivity contribution >= 4 is 28.7 Å². The lowest BCUT2D eigenvalue weighted by molar-refractivity contribution is 0.00152. The molecule has 0 aromatic carbocycles. The Morgan fingerprint density at radius 3 is 2.78 bits per heavy atom. The number of aromatic nitrogens is 2. The summed E-state index contributed by atoms with van der Waals surface area (Å²) in [5.41, 5.74) is 0.991. The van der Waals surface area contributed by atoms with Crippen molar-refractivity contribution in [2.45, 2.75) is 39.0 Å². The van der Waals surface area contributed by atoms with Crippen molar-refractivity contribution in [2.75, 3.05) is 13.1 Å². The van der Waals surface area contributed by atoms with E-state index in [4.69, 9.17) is 16.3 Å². The molecule has 2 aromatic heterocycles. The highest BCUT2D eigenvalue weighted by molar-refractivity contribution is 6.29. The highest BCUT2D eigenvalue weighted by Crippen LogP contribution is 2.29. The molecule has 1 aliphatic rings. The molecule has 0 spiro atoms. The number of likely N-dealkylation sites (tertiary alicyclic amines) is 1. The van der Waals surface area contributed by atoms with E-state index < -0.39 is 5.60 Å². The number of nitrogens with zero attached hydrogens (tertiary/aromatic N) is 3. The maximum Gasteiger partial charge on any atom is 0.410 e. The first kappa shape index (κ1) is 16.1. The van der Waals surface area contributed by atoms with Crippen molar-refractivity contribution in [1.29, 1.82) is 0 Å². The van der Waals surface area contributed by atoms with E-state index in [1.54, 1.807) is 11.0 Å². The van der Waals surface area contributed by atoms with Crippen molar-refractivity contribution in [2.24, 2.45) is 0 Å². The number of aliphatic hydroxyl groups is 1. The lowest BCUT2D eigenvalue weighted by Gasteiger charge is -2.40. The van der Waals surface area contributed by atoms with Crippen LogP contribution in [0.15, 0.2) is 18.3 Å². The molecule has 0 unspecified atom stereocenters. The average molecular weight is 338 g/mol. The van der Waals surface area contributed by atoms with E-state index in [2.05, 4.69) is 4.98 Å². The summed E-state index contributed by atoms with van der Waals surface area (Å²) in [5, 5.41) is 10.7. The van der Waals surface area contributed by atoms with E-state index in [-0.39, 0.29) is 18.7 Å². The number of carbonyl (C=O) groups is 1. The van der Waals surface area contributed by atoms with Gasteiger partial charge in [0, 0.05) is 24.7 Å². The van der Waals surface area contributed by atoms with Gasteiger partial charge in [-0.25, -0.2) is 9.78 Å². The molecule has 0 atom stereocenters. The van der Waals surface area contributed by atoms with Crippen molar-refractivity contribution in [3.05, 3.63) is 29.0 Å². The number of aliphatic hydroxyl groups excluding tert-OH is 1. The number of rotatable bonds is 2. The zero-order valence-electron chi connectivity index (χ0n) is 13.4. The number of carbonyl (C=O) groups excluding carboxylic acids is 1. The van der Waals surface area contributed by atoms with Gasteiger partial charge in [-0.3, -0.25) is 0 Å². The highest BCUT2D eigenvalue weighted by Gasteiger charge is 2.35. The molecule has 3 rings (SSSR count). The number of hydrogen-bond donors (Lipinski definition) is 1. The van der Waals surface area contributed by atoms with Crippen molar-refractivity contribution in [1.82, 2.24) is 14.5 Å². The van der Waals surface area contributed by atoms with Crippen molar-refractivity contribution < 1.29 is 14.6 Å². The molecule has 1 aliphatic heterocycles. The molecule has 0 aliphatic carbocycles. The van der Waals surface area contributed by atoms with E-state index in [0.29, 0.717) is 18.2 Å². The molecule has 0 saturated carbocycles. The summed E-state index contributed by atoms with van der Waals surface area (Å²) in [6.07, 6.45) is 1.62. The fourth-order valence-corrected chi connectivity index (χ4v) is 2.91. The number of hydrogen-bond acceptors (Lipinski definition) is 4. The maximum absolute atomic E-state index is 12.0. The Morgan fingerprint density at radius 1 is 1.48 bits per heavy atom. The molecular weight excluding hydrogens is 318 g/mol. The molecule has 1 N–H and O–H groups in total. The first-order valence-electron chi connectivity index (χ1n) is 7.53. The Balaban J connectivity index is 1.77. The third-order valence-corrected chi connectivity index (χ3v) is 4.01. The molecule has 0 bridgehead atoms. The van der Waals surface area contributed by atoms with Gasteiger partial charge in [-0.1, -0.05) is 11.6 Å². The third kappa shape index (κ3) is 3.14. The van der Waals surface area contributed by atoms with Gasteiger partial charge in [0.1, 0.15) is 16.4 Å². The van der Waals surface area contributed by atoms with Gasteiger partial charge in [0.2, 0.25) is 0 Å². The second-order valence-electron chi connectivity index (χ2n) is 6.76. The molecule has 7 heteroatoms. The molecule has 1 fully saturated rings. The van der Waals surface area contributed by atoms with Crippen LogP contribution in [0.4, 0.5) is 4.79 Å². The number of pyridine rings is 1. The highest BCUT2D eigenvalue weighted by atomic mass is 35.5. The number of ether oxygens (including phenoxy) is 1. The largest absolute Gasteiger partial charge is 0.444 e. The molecule has 23 heavy (non-hydrogen) atoms. The van der Waals surface area contributed by atoms with E-state index in [9.17, 15) is 9.90 Å². The zero-order chi connectivity index (χ0) is 16.8. The number of fused-ring (bicyclic) bond motifs is 1. The minimum absolute atomic E-state index is 0.0859.